The van der Waals surface area contributed by atoms with Crippen molar-refractivity contribution in [2.24, 2.45) is 5.10 Å². The molecule has 1 heterocycles. The van der Waals surface area contributed by atoms with E-state index in [1.807, 2.05) is 0 Å². The summed E-state index contributed by atoms with van der Waals surface area (Å²) in [5.41, 5.74) is 2.05. The number of hydrogen-bond donors (Lipinski definition) is 1. The third kappa shape index (κ3) is 1.56. The summed E-state index contributed by atoms with van der Waals surface area (Å²) in [6.45, 7) is 0. The van der Waals surface area contributed by atoms with Gasteiger partial charge in [-0.3, -0.25) is 10.3 Å². The molecule has 58 valence electrons. The van der Waals surface area contributed by atoms with Crippen LogP contribution in [0.5, 0.6) is 0 Å². The molecule has 0 radical (unpaired) electrons. The monoisotopic (exact) mass is 205 g/mol. The van der Waals surface area contributed by atoms with Crippen molar-refractivity contribution in [1.29, 1.82) is 0 Å². The van der Waals surface area contributed by atoms with Gasteiger partial charge in [-0.15, -0.1) is 0 Å². The Labute approximate surface area is 71.7 Å². The highest BCUT2D eigenvalue weighted by Gasteiger charge is 2.36. The molecule has 1 unspecified atom stereocenters. The Bertz CT molecular complexity index is 156. The largest absolute Gasteiger partial charge is 0.272 e. The molecule has 3 nitrogen and oxygen atoms in total. The van der Waals surface area contributed by atoms with Gasteiger partial charge in [0, 0.05) is 0 Å². The van der Waals surface area contributed by atoms with Crippen LogP contribution in [0.15, 0.2) is 5.10 Å². The van der Waals surface area contributed by atoms with Crippen LogP contribution in [-0.2, 0) is 0 Å². The summed E-state index contributed by atoms with van der Waals surface area (Å²) in [6, 6.07) is 0. The molecule has 1 aliphatic rings. The van der Waals surface area contributed by atoms with Crippen molar-refractivity contribution in [3.63, 3.8) is 0 Å². The summed E-state index contributed by atoms with van der Waals surface area (Å²) < 4.78 is 10.7. The van der Waals surface area contributed by atoms with E-state index in [-0.39, 0.29) is 0 Å². The van der Waals surface area contributed by atoms with E-state index in [0.717, 1.165) is 11.2 Å². The van der Waals surface area contributed by atoms with Crippen molar-refractivity contribution in [1.82, 2.24) is 10.3 Å². The van der Waals surface area contributed by atoms with Crippen LogP contribution < -0.4 is 5.43 Å². The average molecular weight is 206 g/mol. The SMILES string of the molecule is FC1NN=CN1C(Cl)(Cl)Cl. The van der Waals surface area contributed by atoms with E-state index in [2.05, 4.69) is 10.5 Å². The molecular formula is C3H3Cl3FN3. The van der Waals surface area contributed by atoms with Crippen molar-refractivity contribution in [2.75, 3.05) is 0 Å². The maximum atomic E-state index is 12.5. The molecule has 0 saturated carbocycles. The molecule has 1 aliphatic heterocycles. The summed E-state index contributed by atoms with van der Waals surface area (Å²) in [4.78, 5) is 0.817. The lowest BCUT2D eigenvalue weighted by molar-refractivity contribution is 0.142. The lowest BCUT2D eigenvalue weighted by Crippen LogP contribution is -2.41. The number of alkyl halides is 4. The fraction of sp³-hybridized carbons (Fsp3) is 0.667. The van der Waals surface area contributed by atoms with Crippen LogP contribution in [0, 0.1) is 0 Å². The van der Waals surface area contributed by atoms with E-state index in [1.165, 1.54) is 0 Å². The molecule has 0 spiro atoms. The molecular weight excluding hydrogens is 203 g/mol. The first-order valence-corrected chi connectivity index (χ1v) is 3.43. The second-order valence-electron chi connectivity index (χ2n) is 1.58. The van der Waals surface area contributed by atoms with Gasteiger partial charge in [0.25, 0.3) is 10.3 Å². The zero-order chi connectivity index (χ0) is 7.78. The van der Waals surface area contributed by atoms with Gasteiger partial charge >= 0.3 is 0 Å². The van der Waals surface area contributed by atoms with E-state index in [9.17, 15) is 4.39 Å². The van der Waals surface area contributed by atoms with Gasteiger partial charge in [-0.1, -0.05) is 34.8 Å². The number of nitrogens with zero attached hydrogens (tertiary/aromatic N) is 2. The molecule has 0 amide bonds. The average Bonchev–Trinajstić information content (AvgIpc) is 2.11. The van der Waals surface area contributed by atoms with Gasteiger partial charge in [0.2, 0.25) is 0 Å². The molecule has 1 atom stereocenters. The molecule has 0 bridgehead atoms. The zero-order valence-electron chi connectivity index (χ0n) is 4.56. The van der Waals surface area contributed by atoms with Gasteiger partial charge in [0.05, 0.1) is 0 Å². The van der Waals surface area contributed by atoms with Crippen molar-refractivity contribution in [3.05, 3.63) is 0 Å². The van der Waals surface area contributed by atoms with E-state index in [1.54, 1.807) is 0 Å². The van der Waals surface area contributed by atoms with Crippen LogP contribution >= 0.6 is 34.8 Å². The zero-order valence-corrected chi connectivity index (χ0v) is 6.83. The number of hydrogen-bond acceptors (Lipinski definition) is 3. The second kappa shape index (κ2) is 2.60. The predicted octanol–water partition coefficient (Wildman–Crippen LogP) is 1.42. The summed E-state index contributed by atoms with van der Waals surface area (Å²) in [5, 5.41) is 3.33. The first-order valence-electron chi connectivity index (χ1n) is 2.30. The van der Waals surface area contributed by atoms with Crippen molar-refractivity contribution >= 4 is 41.1 Å². The molecule has 0 fully saturated rings. The summed E-state index contributed by atoms with van der Waals surface area (Å²) in [7, 11) is 0. The fourth-order valence-corrected chi connectivity index (χ4v) is 0.860. The van der Waals surface area contributed by atoms with Crippen LogP contribution in [-0.4, -0.2) is 21.6 Å². The third-order valence-electron chi connectivity index (χ3n) is 0.900. The standard InChI is InChI=1S/C3H3Cl3FN3/c4-3(5,6)10-1-8-9-2(10)7/h1-2,9H. The summed E-state index contributed by atoms with van der Waals surface area (Å²) in [6.07, 6.45) is -0.481. The highest BCUT2D eigenvalue weighted by Crippen LogP contribution is 2.32. The van der Waals surface area contributed by atoms with Crippen LogP contribution in [0.1, 0.15) is 0 Å². The number of rotatable bonds is 0. The molecule has 0 aromatic carbocycles. The Kier molecular flexibility index (Phi) is 2.12. The van der Waals surface area contributed by atoms with Gasteiger partial charge in [-0.05, 0) is 0 Å². The quantitative estimate of drug-likeness (QED) is 0.479. The smallest absolute Gasteiger partial charge is 0.267 e. The van der Waals surface area contributed by atoms with E-state index in [0.29, 0.717) is 0 Å². The molecule has 7 heteroatoms. The van der Waals surface area contributed by atoms with E-state index < -0.39 is 10.3 Å². The van der Waals surface area contributed by atoms with Gasteiger partial charge < -0.3 is 0 Å². The van der Waals surface area contributed by atoms with Crippen LogP contribution in [0.2, 0.25) is 0 Å². The predicted molar refractivity (Wildman–Crippen MR) is 38.7 cm³/mol. The number of hydrazone groups is 1. The lowest BCUT2D eigenvalue weighted by atomic mass is 10.8. The van der Waals surface area contributed by atoms with Crippen molar-refractivity contribution in [3.8, 4) is 0 Å². The van der Waals surface area contributed by atoms with E-state index >= 15 is 0 Å². The first kappa shape index (κ1) is 8.17. The van der Waals surface area contributed by atoms with Crippen molar-refractivity contribution < 1.29 is 4.39 Å². The molecule has 0 aliphatic carbocycles. The van der Waals surface area contributed by atoms with Crippen LogP contribution in [0.25, 0.3) is 0 Å². The maximum Gasteiger partial charge on any atom is 0.272 e. The fourth-order valence-electron chi connectivity index (χ4n) is 0.472. The third-order valence-corrected chi connectivity index (χ3v) is 1.49. The van der Waals surface area contributed by atoms with Gasteiger partial charge in [0.15, 0.2) is 0 Å². The van der Waals surface area contributed by atoms with Gasteiger partial charge in [0.1, 0.15) is 6.34 Å². The highest BCUT2D eigenvalue weighted by atomic mass is 35.6. The Morgan fingerprint density at radius 1 is 1.60 bits per heavy atom. The Hall–Kier alpha value is 0.0700. The Balaban J connectivity index is 2.64. The lowest BCUT2D eigenvalue weighted by Gasteiger charge is -2.24. The number of nitrogens with one attached hydrogen (secondary N) is 1. The Morgan fingerprint density at radius 2 is 2.20 bits per heavy atom. The van der Waals surface area contributed by atoms with Crippen molar-refractivity contribution in [2.45, 2.75) is 10.3 Å². The maximum absolute atomic E-state index is 12.5. The van der Waals surface area contributed by atoms with E-state index in [4.69, 9.17) is 34.8 Å². The van der Waals surface area contributed by atoms with Gasteiger partial charge in [-0.2, -0.15) is 9.49 Å². The Morgan fingerprint density at radius 3 is 2.40 bits per heavy atom. The second-order valence-corrected chi connectivity index (χ2v) is 3.81. The molecule has 0 aromatic heterocycles. The highest BCUT2D eigenvalue weighted by molar-refractivity contribution is 6.67. The molecule has 1 N–H and O–H groups in total. The normalized spacial score (nSPS) is 25.2. The van der Waals surface area contributed by atoms with Gasteiger partial charge in [-0.25, -0.2) is 0 Å². The molecule has 0 saturated heterocycles. The minimum Gasteiger partial charge on any atom is -0.267 e. The summed E-state index contributed by atoms with van der Waals surface area (Å²) >= 11 is 16.0. The minimum absolute atomic E-state index is 0.817. The molecule has 1 rings (SSSR count). The summed E-state index contributed by atoms with van der Waals surface area (Å²) in [5.74, 6) is 0. The molecule has 10 heavy (non-hydrogen) atoms. The minimum atomic E-state index is -1.79. The van der Waals surface area contributed by atoms with Crippen LogP contribution in [0.4, 0.5) is 4.39 Å². The molecule has 0 aromatic rings. The number of halogens is 4. The first-order chi connectivity index (χ1) is 4.52. The topological polar surface area (TPSA) is 27.6 Å². The van der Waals surface area contributed by atoms with Crippen LogP contribution in [0.3, 0.4) is 0 Å².